The van der Waals surface area contributed by atoms with E-state index in [2.05, 4.69) is 13.8 Å². The molecule has 0 saturated heterocycles. The highest BCUT2D eigenvalue weighted by Crippen LogP contribution is 2.06. The van der Waals surface area contributed by atoms with E-state index < -0.39 is 5.60 Å². The Hall–Kier alpha value is -0.300. The Morgan fingerprint density at radius 3 is 2.20 bits per heavy atom. The van der Waals surface area contributed by atoms with E-state index in [0.717, 1.165) is 6.42 Å². The molecule has 0 aliphatic rings. The average molecular weight is 142 g/mol. The maximum Gasteiger partial charge on any atom is 0.0771 e. The number of hydrogen-bond donors (Lipinski definition) is 1. The summed E-state index contributed by atoms with van der Waals surface area (Å²) in [6.07, 6.45) is 4.92. The summed E-state index contributed by atoms with van der Waals surface area (Å²) in [6, 6.07) is 0. The minimum absolute atomic E-state index is 0.644. The lowest BCUT2D eigenvalue weighted by Crippen LogP contribution is -2.13. The molecule has 60 valence electrons. The van der Waals surface area contributed by atoms with Crippen molar-refractivity contribution < 1.29 is 5.11 Å². The third-order valence-electron chi connectivity index (χ3n) is 1.13. The molecule has 0 aromatic rings. The first-order chi connectivity index (χ1) is 4.42. The lowest BCUT2D eigenvalue weighted by Gasteiger charge is -2.10. The van der Waals surface area contributed by atoms with Gasteiger partial charge in [0.15, 0.2) is 0 Å². The molecule has 0 atom stereocenters. The molecule has 0 amide bonds. The first-order valence-corrected chi connectivity index (χ1v) is 3.82. The Bertz CT molecular complexity index is 106. The molecule has 0 aromatic heterocycles. The summed E-state index contributed by atoms with van der Waals surface area (Å²) in [7, 11) is 0. The van der Waals surface area contributed by atoms with Crippen molar-refractivity contribution in [2.24, 2.45) is 5.92 Å². The maximum atomic E-state index is 9.24. The van der Waals surface area contributed by atoms with E-state index in [1.54, 1.807) is 13.8 Å². The van der Waals surface area contributed by atoms with Crippen molar-refractivity contribution in [2.75, 3.05) is 0 Å². The standard InChI is InChI=1S/C9H18O/c1-8(2)6-5-7-9(3,4)10/h5,7-8,10H,6H2,1-4H3. The van der Waals surface area contributed by atoms with Crippen molar-refractivity contribution in [3.8, 4) is 0 Å². The van der Waals surface area contributed by atoms with Gasteiger partial charge >= 0.3 is 0 Å². The van der Waals surface area contributed by atoms with Crippen molar-refractivity contribution >= 4 is 0 Å². The van der Waals surface area contributed by atoms with Gasteiger partial charge in [-0.15, -0.1) is 0 Å². The summed E-state index contributed by atoms with van der Waals surface area (Å²) in [5.41, 5.74) is -0.644. The summed E-state index contributed by atoms with van der Waals surface area (Å²) >= 11 is 0. The van der Waals surface area contributed by atoms with Gasteiger partial charge in [0.25, 0.3) is 0 Å². The fourth-order valence-electron chi connectivity index (χ4n) is 0.629. The lowest BCUT2D eigenvalue weighted by molar-refractivity contribution is 0.133. The van der Waals surface area contributed by atoms with Crippen molar-refractivity contribution in [3.63, 3.8) is 0 Å². The van der Waals surface area contributed by atoms with Crippen molar-refractivity contribution in [1.29, 1.82) is 0 Å². The fraction of sp³-hybridized carbons (Fsp3) is 0.778. The summed E-state index contributed by atoms with van der Waals surface area (Å²) < 4.78 is 0. The molecular weight excluding hydrogens is 124 g/mol. The molecule has 0 rings (SSSR count). The Morgan fingerprint density at radius 1 is 1.40 bits per heavy atom. The first-order valence-electron chi connectivity index (χ1n) is 3.82. The Kier molecular flexibility index (Phi) is 3.66. The molecule has 0 spiro atoms. The highest BCUT2D eigenvalue weighted by atomic mass is 16.3. The minimum Gasteiger partial charge on any atom is -0.386 e. The highest BCUT2D eigenvalue weighted by molar-refractivity contribution is 4.95. The van der Waals surface area contributed by atoms with Crippen LogP contribution in [0.1, 0.15) is 34.1 Å². The smallest absolute Gasteiger partial charge is 0.0771 e. The first kappa shape index (κ1) is 9.70. The van der Waals surface area contributed by atoms with E-state index >= 15 is 0 Å². The van der Waals surface area contributed by atoms with Crippen LogP contribution in [0.4, 0.5) is 0 Å². The van der Waals surface area contributed by atoms with E-state index in [4.69, 9.17) is 0 Å². The van der Waals surface area contributed by atoms with Crippen LogP contribution in [0.5, 0.6) is 0 Å². The van der Waals surface area contributed by atoms with Crippen LogP contribution in [0.15, 0.2) is 12.2 Å². The van der Waals surface area contributed by atoms with E-state index in [0.29, 0.717) is 5.92 Å². The molecule has 1 heteroatoms. The van der Waals surface area contributed by atoms with Crippen LogP contribution in [-0.2, 0) is 0 Å². The predicted octanol–water partition coefficient (Wildman–Crippen LogP) is 2.36. The number of rotatable bonds is 3. The molecule has 0 fully saturated rings. The van der Waals surface area contributed by atoms with Gasteiger partial charge in [0.2, 0.25) is 0 Å². The van der Waals surface area contributed by atoms with E-state index in [1.807, 2.05) is 12.2 Å². The Morgan fingerprint density at radius 2 is 1.90 bits per heavy atom. The van der Waals surface area contributed by atoms with Gasteiger partial charge in [0, 0.05) is 0 Å². The topological polar surface area (TPSA) is 20.2 Å². The summed E-state index contributed by atoms with van der Waals surface area (Å²) in [4.78, 5) is 0. The molecule has 0 aliphatic carbocycles. The maximum absolute atomic E-state index is 9.24. The van der Waals surface area contributed by atoms with E-state index in [9.17, 15) is 5.11 Å². The zero-order valence-corrected chi connectivity index (χ0v) is 7.39. The Labute approximate surface area is 63.8 Å². The summed E-state index contributed by atoms with van der Waals surface area (Å²) in [5, 5.41) is 9.24. The minimum atomic E-state index is -0.644. The molecular formula is C9H18O. The third-order valence-corrected chi connectivity index (χ3v) is 1.13. The Balaban J connectivity index is 3.57. The van der Waals surface area contributed by atoms with Gasteiger partial charge in [0.05, 0.1) is 5.60 Å². The van der Waals surface area contributed by atoms with Crippen LogP contribution in [0.3, 0.4) is 0 Å². The molecule has 10 heavy (non-hydrogen) atoms. The fourth-order valence-corrected chi connectivity index (χ4v) is 0.629. The van der Waals surface area contributed by atoms with Gasteiger partial charge < -0.3 is 5.11 Å². The zero-order valence-electron chi connectivity index (χ0n) is 7.39. The summed E-state index contributed by atoms with van der Waals surface area (Å²) in [6.45, 7) is 7.89. The lowest BCUT2D eigenvalue weighted by atomic mass is 10.1. The average Bonchev–Trinajstić information content (AvgIpc) is 1.59. The van der Waals surface area contributed by atoms with E-state index in [-0.39, 0.29) is 0 Å². The zero-order chi connectivity index (χ0) is 8.20. The predicted molar refractivity (Wildman–Crippen MR) is 44.9 cm³/mol. The molecule has 0 radical (unpaired) electrons. The second-order valence-electron chi connectivity index (χ2n) is 3.69. The van der Waals surface area contributed by atoms with Crippen molar-refractivity contribution in [3.05, 3.63) is 12.2 Å². The molecule has 0 bridgehead atoms. The van der Waals surface area contributed by atoms with Gasteiger partial charge in [0.1, 0.15) is 0 Å². The molecule has 0 aromatic carbocycles. The van der Waals surface area contributed by atoms with Gasteiger partial charge in [-0.3, -0.25) is 0 Å². The largest absolute Gasteiger partial charge is 0.386 e. The second-order valence-corrected chi connectivity index (χ2v) is 3.69. The second kappa shape index (κ2) is 3.77. The van der Waals surface area contributed by atoms with Gasteiger partial charge in [-0.25, -0.2) is 0 Å². The SMILES string of the molecule is CC(C)CC=CC(C)(C)O. The number of aliphatic hydroxyl groups is 1. The molecule has 0 unspecified atom stereocenters. The van der Waals surface area contributed by atoms with Crippen molar-refractivity contribution in [1.82, 2.24) is 0 Å². The highest BCUT2D eigenvalue weighted by Gasteiger charge is 2.04. The van der Waals surface area contributed by atoms with Crippen LogP contribution < -0.4 is 0 Å². The number of hydrogen-bond acceptors (Lipinski definition) is 1. The van der Waals surface area contributed by atoms with Gasteiger partial charge in [-0.1, -0.05) is 26.0 Å². The monoisotopic (exact) mass is 142 g/mol. The quantitative estimate of drug-likeness (QED) is 0.600. The molecule has 0 saturated carbocycles. The van der Waals surface area contributed by atoms with Gasteiger partial charge in [-0.2, -0.15) is 0 Å². The van der Waals surface area contributed by atoms with Crippen LogP contribution in [0.2, 0.25) is 0 Å². The summed E-state index contributed by atoms with van der Waals surface area (Å²) in [5.74, 6) is 0.679. The number of allylic oxidation sites excluding steroid dienone is 1. The van der Waals surface area contributed by atoms with Crippen molar-refractivity contribution in [2.45, 2.75) is 39.7 Å². The van der Waals surface area contributed by atoms with Crippen LogP contribution in [0.25, 0.3) is 0 Å². The van der Waals surface area contributed by atoms with Gasteiger partial charge in [-0.05, 0) is 26.2 Å². The normalized spacial score (nSPS) is 13.4. The molecule has 0 aliphatic heterocycles. The van der Waals surface area contributed by atoms with E-state index in [1.165, 1.54) is 0 Å². The van der Waals surface area contributed by atoms with Crippen LogP contribution in [0, 0.1) is 5.92 Å². The molecule has 1 nitrogen and oxygen atoms in total. The van der Waals surface area contributed by atoms with Crippen LogP contribution >= 0.6 is 0 Å². The van der Waals surface area contributed by atoms with Crippen LogP contribution in [-0.4, -0.2) is 10.7 Å². The molecule has 0 heterocycles. The molecule has 1 N–H and O–H groups in total. The third kappa shape index (κ3) is 7.70.